The normalized spacial score (nSPS) is 9.94. The monoisotopic (exact) mass is 309 g/mol. The van der Waals surface area contributed by atoms with Crippen molar-refractivity contribution < 1.29 is 9.59 Å². The number of aldehydes is 1. The molecule has 0 aliphatic rings. The average molecular weight is 310 g/mol. The van der Waals surface area contributed by atoms with E-state index in [1.807, 2.05) is 6.07 Å². The number of halogens is 1. The Labute approximate surface area is 111 Å². The Balaban J connectivity index is 2.15. The Kier molecular flexibility index (Phi) is 3.71. The molecule has 1 aromatic heterocycles. The van der Waals surface area contributed by atoms with Gasteiger partial charge in [0.2, 0.25) is 0 Å². The van der Waals surface area contributed by atoms with Crippen LogP contribution in [0.1, 0.15) is 20.0 Å². The molecule has 0 radical (unpaired) electrons. The van der Waals surface area contributed by atoms with Crippen LogP contribution in [-0.2, 0) is 0 Å². The lowest BCUT2D eigenvalue weighted by Crippen LogP contribution is -2.10. The lowest BCUT2D eigenvalue weighted by Gasteiger charge is -2.03. The van der Waals surface area contributed by atoms with Gasteiger partial charge < -0.3 is 5.32 Å². The summed E-state index contributed by atoms with van der Waals surface area (Å²) in [5.41, 5.74) is 1.15. The topological polar surface area (TPSA) is 46.2 Å². The van der Waals surface area contributed by atoms with Crippen LogP contribution in [0.25, 0.3) is 0 Å². The van der Waals surface area contributed by atoms with E-state index in [0.717, 1.165) is 10.1 Å². The van der Waals surface area contributed by atoms with Crippen molar-refractivity contribution in [2.45, 2.75) is 0 Å². The molecule has 1 aromatic carbocycles. The van der Waals surface area contributed by atoms with Crippen molar-refractivity contribution in [1.82, 2.24) is 0 Å². The van der Waals surface area contributed by atoms with Crippen molar-refractivity contribution in [3.8, 4) is 0 Å². The van der Waals surface area contributed by atoms with Crippen molar-refractivity contribution in [3.63, 3.8) is 0 Å². The lowest BCUT2D eigenvalue weighted by molar-refractivity contribution is 0.102. The van der Waals surface area contributed by atoms with E-state index >= 15 is 0 Å². The van der Waals surface area contributed by atoms with Gasteiger partial charge in [-0.2, -0.15) is 0 Å². The van der Waals surface area contributed by atoms with Crippen LogP contribution >= 0.6 is 27.3 Å². The second kappa shape index (κ2) is 5.25. The number of carbonyl (C=O) groups is 2. The van der Waals surface area contributed by atoms with Crippen LogP contribution < -0.4 is 5.32 Å². The Bertz CT molecular complexity index is 565. The summed E-state index contributed by atoms with van der Waals surface area (Å²) < 4.78 is 0.907. The fourth-order valence-corrected chi connectivity index (χ4v) is 2.60. The molecule has 2 rings (SSSR count). The van der Waals surface area contributed by atoms with Gasteiger partial charge >= 0.3 is 0 Å². The average Bonchev–Trinajstić information content (AvgIpc) is 2.76. The predicted octanol–water partition coefficient (Wildman–Crippen LogP) is 3.58. The second-order valence-electron chi connectivity index (χ2n) is 3.30. The SMILES string of the molecule is O=Cc1cccc(NC(=O)c2ccc(Br)s2)c1. The first-order valence-electron chi connectivity index (χ1n) is 4.81. The quantitative estimate of drug-likeness (QED) is 0.881. The van der Waals surface area contributed by atoms with Crippen molar-refractivity contribution in [2.75, 3.05) is 5.32 Å². The van der Waals surface area contributed by atoms with Gasteiger partial charge in [-0.25, -0.2) is 0 Å². The second-order valence-corrected chi connectivity index (χ2v) is 5.76. The Morgan fingerprint density at radius 1 is 1.29 bits per heavy atom. The first kappa shape index (κ1) is 12.0. The molecule has 0 saturated heterocycles. The number of rotatable bonds is 3. The molecule has 0 bridgehead atoms. The van der Waals surface area contributed by atoms with Gasteiger partial charge in [0.1, 0.15) is 6.29 Å². The van der Waals surface area contributed by atoms with E-state index in [0.29, 0.717) is 16.1 Å². The lowest BCUT2D eigenvalue weighted by atomic mass is 10.2. The highest BCUT2D eigenvalue weighted by atomic mass is 79.9. The summed E-state index contributed by atoms with van der Waals surface area (Å²) in [6.45, 7) is 0. The molecule has 0 aliphatic heterocycles. The maximum atomic E-state index is 11.8. The van der Waals surface area contributed by atoms with Crippen molar-refractivity contribution >= 4 is 45.1 Å². The number of amides is 1. The summed E-state index contributed by atoms with van der Waals surface area (Å²) >= 11 is 4.66. The molecule has 86 valence electrons. The first-order chi connectivity index (χ1) is 8.19. The van der Waals surface area contributed by atoms with Gasteiger partial charge in [-0.1, -0.05) is 12.1 Å². The van der Waals surface area contributed by atoms with Crippen LogP contribution in [-0.4, -0.2) is 12.2 Å². The highest BCUT2D eigenvalue weighted by molar-refractivity contribution is 9.11. The van der Waals surface area contributed by atoms with E-state index in [4.69, 9.17) is 0 Å². The van der Waals surface area contributed by atoms with E-state index < -0.39 is 0 Å². The first-order valence-corrected chi connectivity index (χ1v) is 6.42. The van der Waals surface area contributed by atoms with E-state index in [9.17, 15) is 9.59 Å². The number of carbonyl (C=O) groups excluding carboxylic acids is 2. The Morgan fingerprint density at radius 2 is 2.12 bits per heavy atom. The third kappa shape index (κ3) is 3.01. The molecule has 0 saturated carbocycles. The molecule has 17 heavy (non-hydrogen) atoms. The van der Waals surface area contributed by atoms with Crippen LogP contribution in [0.3, 0.4) is 0 Å². The molecule has 0 fully saturated rings. The number of anilines is 1. The van der Waals surface area contributed by atoms with E-state index in [1.54, 1.807) is 30.3 Å². The number of hydrogen-bond acceptors (Lipinski definition) is 3. The number of thiophene rings is 1. The van der Waals surface area contributed by atoms with Crippen LogP contribution in [0, 0.1) is 0 Å². The number of hydrogen-bond donors (Lipinski definition) is 1. The molecule has 0 aliphatic carbocycles. The van der Waals surface area contributed by atoms with Crippen molar-refractivity contribution in [1.29, 1.82) is 0 Å². The summed E-state index contributed by atoms with van der Waals surface area (Å²) in [5, 5.41) is 2.74. The fraction of sp³-hybridized carbons (Fsp3) is 0. The number of benzene rings is 1. The van der Waals surface area contributed by atoms with Crippen LogP contribution in [0.2, 0.25) is 0 Å². The summed E-state index contributed by atoms with van der Waals surface area (Å²) in [6.07, 6.45) is 0.747. The molecule has 0 unspecified atom stereocenters. The van der Waals surface area contributed by atoms with Gasteiger partial charge in [0.25, 0.3) is 5.91 Å². The molecule has 5 heteroatoms. The molecular formula is C12H8BrNO2S. The van der Waals surface area contributed by atoms with Gasteiger partial charge in [0.05, 0.1) is 8.66 Å². The van der Waals surface area contributed by atoms with Crippen molar-refractivity contribution in [3.05, 3.63) is 50.6 Å². The highest BCUT2D eigenvalue weighted by Crippen LogP contribution is 2.23. The maximum Gasteiger partial charge on any atom is 0.265 e. The van der Waals surface area contributed by atoms with Gasteiger partial charge in [-0.3, -0.25) is 9.59 Å². The maximum absolute atomic E-state index is 11.8. The Morgan fingerprint density at radius 3 is 2.76 bits per heavy atom. The zero-order valence-electron chi connectivity index (χ0n) is 8.64. The highest BCUT2D eigenvalue weighted by Gasteiger charge is 2.08. The van der Waals surface area contributed by atoms with E-state index in [-0.39, 0.29) is 5.91 Å². The molecule has 0 atom stereocenters. The van der Waals surface area contributed by atoms with E-state index in [1.165, 1.54) is 11.3 Å². The predicted molar refractivity (Wildman–Crippen MR) is 71.8 cm³/mol. The van der Waals surface area contributed by atoms with Gasteiger partial charge in [0.15, 0.2) is 0 Å². The minimum Gasteiger partial charge on any atom is -0.321 e. The van der Waals surface area contributed by atoms with E-state index in [2.05, 4.69) is 21.2 Å². The molecule has 1 N–H and O–H groups in total. The van der Waals surface area contributed by atoms with Crippen LogP contribution in [0.15, 0.2) is 40.2 Å². The van der Waals surface area contributed by atoms with Gasteiger partial charge in [0, 0.05) is 11.3 Å². The number of nitrogens with one attached hydrogen (secondary N) is 1. The summed E-state index contributed by atoms with van der Waals surface area (Å²) in [6, 6.07) is 10.4. The van der Waals surface area contributed by atoms with Crippen LogP contribution in [0.4, 0.5) is 5.69 Å². The zero-order valence-corrected chi connectivity index (χ0v) is 11.0. The molecule has 1 heterocycles. The minimum absolute atomic E-state index is 0.177. The molecule has 3 nitrogen and oxygen atoms in total. The van der Waals surface area contributed by atoms with Crippen LogP contribution in [0.5, 0.6) is 0 Å². The molecule has 1 amide bonds. The summed E-state index contributed by atoms with van der Waals surface area (Å²) in [7, 11) is 0. The standard InChI is InChI=1S/C12H8BrNO2S/c13-11-5-4-10(17-11)12(16)14-9-3-1-2-8(6-9)7-15/h1-7H,(H,14,16). The Hall–Kier alpha value is -1.46. The summed E-state index contributed by atoms with van der Waals surface area (Å²) in [4.78, 5) is 23.0. The smallest absolute Gasteiger partial charge is 0.265 e. The third-order valence-corrected chi connectivity index (χ3v) is 3.70. The molecule has 0 spiro atoms. The largest absolute Gasteiger partial charge is 0.321 e. The van der Waals surface area contributed by atoms with Crippen molar-refractivity contribution in [2.24, 2.45) is 0 Å². The minimum atomic E-state index is -0.177. The zero-order chi connectivity index (χ0) is 12.3. The third-order valence-electron chi connectivity index (χ3n) is 2.08. The molecule has 2 aromatic rings. The molecular weight excluding hydrogens is 302 g/mol. The fourth-order valence-electron chi connectivity index (χ4n) is 1.32. The van der Waals surface area contributed by atoms with Gasteiger partial charge in [-0.15, -0.1) is 11.3 Å². The van der Waals surface area contributed by atoms with Gasteiger partial charge in [-0.05, 0) is 40.2 Å². The summed E-state index contributed by atoms with van der Waals surface area (Å²) in [5.74, 6) is -0.177.